The number of fused-ring (bicyclic) bond motifs is 3. The van der Waals surface area contributed by atoms with Crippen molar-refractivity contribution in [1.29, 1.82) is 0 Å². The number of nitrogens with zero attached hydrogens (tertiary/aromatic N) is 3. The lowest BCUT2D eigenvalue weighted by atomic mass is 9.80. The number of phenolic OH excluding ortho intramolecular Hbond substituents is 22. The van der Waals surface area contributed by atoms with E-state index in [0.29, 0.717) is 5.56 Å². The fourth-order valence-corrected chi connectivity index (χ4v) is 9.01. The van der Waals surface area contributed by atoms with Gasteiger partial charge in [-0.3, -0.25) is 0 Å². The van der Waals surface area contributed by atoms with Gasteiger partial charge in [0.1, 0.15) is 49.6 Å². The maximum absolute atomic E-state index is 12.1. The predicted molar refractivity (Wildman–Crippen MR) is 273 cm³/mol. The van der Waals surface area contributed by atoms with Crippen LogP contribution in [0.5, 0.6) is 126 Å². The molecule has 79 heavy (non-hydrogen) atoms. The molecule has 2 aromatic heterocycles. The molecule has 0 spiro atoms. The van der Waals surface area contributed by atoms with Crippen molar-refractivity contribution in [3.05, 3.63) is 54.6 Å². The first kappa shape index (κ1) is 50.8. The van der Waals surface area contributed by atoms with Gasteiger partial charge in [0.15, 0.2) is 97.6 Å². The molecule has 0 aliphatic heterocycles. The Kier molecular flexibility index (Phi) is 11.2. The first-order valence-corrected chi connectivity index (χ1v) is 22.0. The molecule has 8 aromatic carbocycles. The molecule has 0 saturated carbocycles. The van der Waals surface area contributed by atoms with Crippen LogP contribution in [0.1, 0.15) is 0 Å². The van der Waals surface area contributed by atoms with Gasteiger partial charge in [0.05, 0.1) is 33.0 Å². The Hall–Kier alpha value is -11.7. The maximum atomic E-state index is 12.1. The highest BCUT2D eigenvalue weighted by molar-refractivity contribution is 6.41. The summed E-state index contributed by atoms with van der Waals surface area (Å²) in [7, 11) is 11.8. The van der Waals surface area contributed by atoms with Crippen LogP contribution in [0.15, 0.2) is 59.0 Å². The minimum absolute atomic E-state index is 0.0580. The monoisotopic (exact) mass is 1080 g/mol. The number of aromatic nitrogens is 3. The van der Waals surface area contributed by atoms with Crippen LogP contribution in [-0.4, -0.2) is 143 Å². The van der Waals surface area contributed by atoms with E-state index < -0.39 is 221 Å². The standard InChI is InChI=1S/C51H31B2N3O23/c52-23-14(15-27(59)24(53)39(71)43(75)29(15)61)25(57)20(35(67)38(23)70)49-54-50(21-26(58)16(30(62)41(73)36(21)68)17-31(63)44(76)46(78)45(77)32(17)64)56-51(55-49)22-37(69)42(74)34(66)19-18-33(65)40(72)28(60)13(47(18)79-48(19)22)12-8-6-11(7-9-12)10-4-2-1-3-5-10/h1-9,57-78H. The number of aromatic hydroxyl groups is 22. The largest absolute Gasteiger partial charge is 0.508 e. The number of hydrogen-bond donors (Lipinski definition) is 22. The zero-order valence-electron chi connectivity index (χ0n) is 38.9. The van der Waals surface area contributed by atoms with Gasteiger partial charge in [-0.05, 0) is 27.6 Å². The molecule has 2 heterocycles. The first-order valence-electron chi connectivity index (χ1n) is 22.0. The van der Waals surface area contributed by atoms with Gasteiger partial charge in [-0.1, -0.05) is 54.6 Å². The highest BCUT2D eigenvalue weighted by Gasteiger charge is 2.38. The molecule has 0 bridgehead atoms. The van der Waals surface area contributed by atoms with Crippen LogP contribution in [0.4, 0.5) is 0 Å². The van der Waals surface area contributed by atoms with Crippen LogP contribution in [0.3, 0.4) is 0 Å². The topological polar surface area (TPSA) is 497 Å². The van der Waals surface area contributed by atoms with Crippen LogP contribution in [0.2, 0.25) is 0 Å². The lowest BCUT2D eigenvalue weighted by Gasteiger charge is -2.21. The third-order valence-electron chi connectivity index (χ3n) is 13.0. The smallest absolute Gasteiger partial charge is 0.208 e. The molecule has 0 saturated heterocycles. The van der Waals surface area contributed by atoms with Gasteiger partial charge in [-0.15, -0.1) is 0 Å². The average molecular weight is 1080 g/mol. The molecule has 0 aliphatic rings. The quantitative estimate of drug-likeness (QED) is 0.0591. The normalized spacial score (nSPS) is 11.5. The molecule has 4 radical (unpaired) electrons. The Bertz CT molecular complexity index is 4150. The lowest BCUT2D eigenvalue weighted by Crippen LogP contribution is -2.13. The van der Waals surface area contributed by atoms with E-state index in [1.165, 1.54) is 12.1 Å². The minimum Gasteiger partial charge on any atom is -0.508 e. The molecule has 0 atom stereocenters. The number of rotatable bonds is 7. The zero-order valence-corrected chi connectivity index (χ0v) is 38.9. The second kappa shape index (κ2) is 17.4. The second-order valence-electron chi connectivity index (χ2n) is 17.3. The number of hydrogen-bond acceptors (Lipinski definition) is 26. The molecule has 394 valence electrons. The molecule has 10 aromatic rings. The summed E-state index contributed by atoms with van der Waals surface area (Å²) in [4.78, 5) is 12.3. The first-order chi connectivity index (χ1) is 37.2. The lowest BCUT2D eigenvalue weighted by molar-refractivity contribution is 0.329. The molecular weight excluding hydrogens is 1040 g/mol. The van der Waals surface area contributed by atoms with Crippen molar-refractivity contribution in [2.75, 3.05) is 0 Å². The number of phenols is 22. The summed E-state index contributed by atoms with van der Waals surface area (Å²) >= 11 is 0. The molecule has 0 fully saturated rings. The van der Waals surface area contributed by atoms with Crippen molar-refractivity contribution in [2.45, 2.75) is 0 Å². The number of furan rings is 1. The Labute approximate surface area is 438 Å². The molecular formula is C51H31B2N3O23. The summed E-state index contributed by atoms with van der Waals surface area (Å²) in [6.07, 6.45) is 0. The van der Waals surface area contributed by atoms with Crippen LogP contribution in [0, 0.1) is 0 Å². The van der Waals surface area contributed by atoms with Gasteiger partial charge in [0.25, 0.3) is 0 Å². The fraction of sp³-hybridized carbons (Fsp3) is 0. The Morgan fingerprint density at radius 3 is 1.05 bits per heavy atom. The van der Waals surface area contributed by atoms with Crippen molar-refractivity contribution in [3.8, 4) is 205 Å². The second-order valence-corrected chi connectivity index (χ2v) is 17.3. The van der Waals surface area contributed by atoms with Gasteiger partial charge >= 0.3 is 0 Å². The van der Waals surface area contributed by atoms with Crippen molar-refractivity contribution < 1.29 is 117 Å². The molecule has 22 N–H and O–H groups in total. The average Bonchev–Trinajstić information content (AvgIpc) is 4.10. The molecule has 0 unspecified atom stereocenters. The highest BCUT2D eigenvalue weighted by atomic mass is 16.4. The summed E-state index contributed by atoms with van der Waals surface area (Å²) in [5.41, 5.74) is -11.6. The van der Waals surface area contributed by atoms with Crippen molar-refractivity contribution in [3.63, 3.8) is 0 Å². The van der Waals surface area contributed by atoms with Crippen LogP contribution >= 0.6 is 0 Å². The van der Waals surface area contributed by atoms with Gasteiger partial charge in [0, 0.05) is 5.56 Å². The summed E-state index contributed by atoms with van der Waals surface area (Å²) in [5, 5.41) is 243. The molecule has 26 nitrogen and oxygen atoms in total. The molecule has 0 aliphatic carbocycles. The Morgan fingerprint density at radius 1 is 0.241 bits per heavy atom. The summed E-state index contributed by atoms with van der Waals surface area (Å²) in [6, 6.07) is 15.0. The van der Waals surface area contributed by atoms with E-state index in [2.05, 4.69) is 15.0 Å². The van der Waals surface area contributed by atoms with Gasteiger partial charge in [-0.25, -0.2) is 15.0 Å². The summed E-state index contributed by atoms with van der Waals surface area (Å²) in [5.74, 6) is -36.5. The maximum Gasteiger partial charge on any atom is 0.208 e. The third kappa shape index (κ3) is 6.97. The predicted octanol–water partition coefficient (Wildman–Crippen LogP) is 4.55. The van der Waals surface area contributed by atoms with Crippen LogP contribution in [0.25, 0.3) is 101 Å². The van der Waals surface area contributed by atoms with E-state index in [0.717, 1.165) is 5.56 Å². The van der Waals surface area contributed by atoms with Crippen LogP contribution in [-0.2, 0) is 0 Å². The van der Waals surface area contributed by atoms with E-state index in [1.54, 1.807) is 42.5 Å². The van der Waals surface area contributed by atoms with Gasteiger partial charge < -0.3 is 117 Å². The Balaban J connectivity index is 1.36. The van der Waals surface area contributed by atoms with Crippen molar-refractivity contribution in [2.24, 2.45) is 0 Å². The van der Waals surface area contributed by atoms with E-state index in [9.17, 15) is 112 Å². The Morgan fingerprint density at radius 2 is 0.544 bits per heavy atom. The van der Waals surface area contributed by atoms with Crippen molar-refractivity contribution in [1.82, 2.24) is 15.0 Å². The highest BCUT2D eigenvalue weighted by Crippen LogP contribution is 2.64. The SMILES string of the molecule is [B]c1c(O)c(O)c(O)c(-c2c([B])c(O)c(O)c(-c3nc(-c4c(O)c(O)c(O)c(-c5c(O)c(O)c(O)c(O)c5O)c4O)nc(-c4c(O)c(O)c(O)c5c4oc4c(-c6ccc(-c7ccccc7)cc6)c(O)c(O)c(O)c45)n3)c2O)c1O. The van der Waals surface area contributed by atoms with E-state index in [-0.39, 0.29) is 5.56 Å². The van der Waals surface area contributed by atoms with Crippen LogP contribution < -0.4 is 10.9 Å². The molecule has 10 rings (SSSR count). The minimum atomic E-state index is -1.71. The van der Waals surface area contributed by atoms with Gasteiger partial charge in [-0.2, -0.15) is 0 Å². The van der Waals surface area contributed by atoms with Gasteiger partial charge in [0.2, 0.25) is 40.2 Å². The number of benzene rings is 8. The molecule has 28 heteroatoms. The van der Waals surface area contributed by atoms with Crippen molar-refractivity contribution >= 4 is 48.6 Å². The fourth-order valence-electron chi connectivity index (χ4n) is 9.01. The molecule has 0 amide bonds. The third-order valence-corrected chi connectivity index (χ3v) is 13.0. The van der Waals surface area contributed by atoms with E-state index >= 15 is 0 Å². The summed E-state index contributed by atoms with van der Waals surface area (Å²) < 4.78 is 6.17. The van der Waals surface area contributed by atoms with E-state index in [1.807, 2.05) is 0 Å². The summed E-state index contributed by atoms with van der Waals surface area (Å²) in [6.45, 7) is 0. The zero-order chi connectivity index (χ0) is 57.4. The van der Waals surface area contributed by atoms with E-state index in [4.69, 9.17) is 20.1 Å².